The van der Waals surface area contributed by atoms with Crippen LogP contribution in [0.5, 0.6) is 0 Å². The number of amides is 1. The van der Waals surface area contributed by atoms with E-state index in [2.05, 4.69) is 10.6 Å². The Morgan fingerprint density at radius 3 is 2.14 bits per heavy atom. The Balaban J connectivity index is 2.32. The Morgan fingerprint density at radius 1 is 1.06 bits per heavy atom. The number of anilines is 1. The maximum absolute atomic E-state index is 13.8. The highest BCUT2D eigenvalue weighted by atomic mass is 35.5. The zero-order valence-corrected chi connectivity index (χ0v) is 21.0. The number of ether oxygens (including phenoxy) is 1. The van der Waals surface area contributed by atoms with Crippen LogP contribution in [0.15, 0.2) is 30.3 Å². The third kappa shape index (κ3) is 7.32. The molecule has 200 valence electrons. The molecule has 0 saturated carbocycles. The first kappa shape index (κ1) is 30.3. The lowest BCUT2D eigenvalue weighted by Crippen LogP contribution is -2.47. The van der Waals surface area contributed by atoms with Crippen molar-refractivity contribution in [2.45, 2.75) is 43.9 Å². The molecule has 0 saturated heterocycles. The summed E-state index contributed by atoms with van der Waals surface area (Å²) in [6.45, 7) is -0.138. The van der Waals surface area contributed by atoms with Gasteiger partial charge in [-0.05, 0) is 42.3 Å². The number of benzene rings is 2. The van der Waals surface area contributed by atoms with E-state index in [1.54, 1.807) is 6.92 Å². The highest BCUT2D eigenvalue weighted by Gasteiger charge is 2.55. The molecule has 2 atom stereocenters. The van der Waals surface area contributed by atoms with E-state index < -0.39 is 54.2 Å². The van der Waals surface area contributed by atoms with Crippen LogP contribution in [-0.2, 0) is 27.9 Å². The average Bonchev–Trinajstić information content (AvgIpc) is 2.77. The molecular formula is C22H21Cl3F6N2O3. The Bertz CT molecular complexity index is 1070. The van der Waals surface area contributed by atoms with E-state index in [-0.39, 0.29) is 32.7 Å². The van der Waals surface area contributed by atoms with Crippen molar-refractivity contribution in [3.05, 3.63) is 62.1 Å². The van der Waals surface area contributed by atoms with E-state index in [9.17, 15) is 36.2 Å². The number of carbonyl (C=O) groups excluding carboxylic acids is 1. The van der Waals surface area contributed by atoms with Gasteiger partial charge in [0, 0.05) is 19.3 Å². The molecule has 0 spiro atoms. The highest BCUT2D eigenvalue weighted by molar-refractivity contribution is 6.48. The molecule has 5 nitrogen and oxygen atoms in total. The molecule has 0 heterocycles. The largest absolute Gasteiger partial charge is 0.423 e. The van der Waals surface area contributed by atoms with Crippen molar-refractivity contribution in [1.82, 2.24) is 5.32 Å². The Hall–Kier alpha value is -1.92. The van der Waals surface area contributed by atoms with Crippen LogP contribution in [0.3, 0.4) is 0 Å². The third-order valence-electron chi connectivity index (χ3n) is 5.25. The fourth-order valence-corrected chi connectivity index (χ4v) is 3.70. The van der Waals surface area contributed by atoms with Crippen LogP contribution in [0, 0.1) is 0 Å². The van der Waals surface area contributed by atoms with Gasteiger partial charge in [0.2, 0.25) is 11.5 Å². The maximum Gasteiger partial charge on any atom is 0.423 e. The molecule has 0 aliphatic carbocycles. The molecule has 0 aliphatic heterocycles. The van der Waals surface area contributed by atoms with Crippen LogP contribution in [0.2, 0.25) is 15.1 Å². The van der Waals surface area contributed by atoms with Gasteiger partial charge in [-0.3, -0.25) is 4.79 Å². The van der Waals surface area contributed by atoms with Crippen molar-refractivity contribution in [2.24, 2.45) is 0 Å². The first-order chi connectivity index (χ1) is 16.5. The predicted molar refractivity (Wildman–Crippen MR) is 124 cm³/mol. The van der Waals surface area contributed by atoms with E-state index in [0.717, 1.165) is 24.3 Å². The minimum Gasteiger partial charge on any atom is -0.381 e. The monoisotopic (exact) mass is 580 g/mol. The molecule has 0 radical (unpaired) electrons. The summed E-state index contributed by atoms with van der Waals surface area (Å²) in [6.07, 6.45) is -10.7. The van der Waals surface area contributed by atoms with Crippen LogP contribution in [0.1, 0.15) is 30.0 Å². The SMILES string of the molecule is CO[C@H](C)CC(=O)NCc1ccc(NC[C@@](O)(c2cc(Cl)c(Cl)c(Cl)c2)C(F)(F)F)cc1C(F)(F)F. The number of aliphatic hydroxyl groups is 1. The number of halogens is 9. The fraction of sp³-hybridized carbons (Fsp3) is 0.409. The van der Waals surface area contributed by atoms with Crippen LogP contribution in [0.25, 0.3) is 0 Å². The van der Waals surface area contributed by atoms with E-state index in [0.29, 0.717) is 6.07 Å². The van der Waals surface area contributed by atoms with Crippen molar-refractivity contribution in [3.8, 4) is 0 Å². The number of hydrogen-bond acceptors (Lipinski definition) is 4. The number of hydrogen-bond donors (Lipinski definition) is 3. The molecule has 0 bridgehead atoms. The van der Waals surface area contributed by atoms with Crippen molar-refractivity contribution < 1.29 is 41.0 Å². The molecule has 36 heavy (non-hydrogen) atoms. The lowest BCUT2D eigenvalue weighted by Gasteiger charge is -2.32. The molecule has 0 aromatic heterocycles. The van der Waals surface area contributed by atoms with Gasteiger partial charge in [0.25, 0.3) is 0 Å². The summed E-state index contributed by atoms with van der Waals surface area (Å²) in [5, 5.41) is 14.1. The second kappa shape index (κ2) is 11.6. The average molecular weight is 582 g/mol. The highest BCUT2D eigenvalue weighted by Crippen LogP contribution is 2.43. The second-order valence-electron chi connectivity index (χ2n) is 7.86. The Kier molecular flexibility index (Phi) is 9.80. The van der Waals surface area contributed by atoms with E-state index >= 15 is 0 Å². The van der Waals surface area contributed by atoms with E-state index in [1.165, 1.54) is 7.11 Å². The van der Waals surface area contributed by atoms with Gasteiger partial charge in [-0.15, -0.1) is 0 Å². The summed E-state index contributed by atoms with van der Waals surface area (Å²) >= 11 is 17.3. The van der Waals surface area contributed by atoms with Gasteiger partial charge in [0.1, 0.15) is 0 Å². The molecule has 2 aromatic carbocycles. The number of carbonyl (C=O) groups is 1. The van der Waals surface area contributed by atoms with Gasteiger partial charge in [-0.1, -0.05) is 40.9 Å². The van der Waals surface area contributed by atoms with Crippen molar-refractivity contribution in [1.29, 1.82) is 0 Å². The van der Waals surface area contributed by atoms with Gasteiger partial charge in [0.15, 0.2) is 0 Å². The quantitative estimate of drug-likeness (QED) is 0.232. The number of alkyl halides is 6. The normalized spacial score (nSPS) is 14.8. The lowest BCUT2D eigenvalue weighted by molar-refractivity contribution is -0.260. The first-order valence-corrected chi connectivity index (χ1v) is 11.3. The Labute approximate surface area is 217 Å². The minimum absolute atomic E-state index is 0.0771. The summed E-state index contributed by atoms with van der Waals surface area (Å²) in [7, 11) is 1.38. The predicted octanol–water partition coefficient (Wildman–Crippen LogP) is 6.57. The lowest BCUT2D eigenvalue weighted by atomic mass is 9.92. The van der Waals surface area contributed by atoms with Crippen LogP contribution in [0.4, 0.5) is 32.0 Å². The standard InChI is InChI=1S/C22H21Cl3F6N2O3/c1-11(36-2)5-18(34)32-9-12-3-4-14(8-15(12)21(26,27)28)33-10-20(35,22(29,30)31)13-6-16(23)19(25)17(24)7-13/h3-4,6-8,11,33,35H,5,9-10H2,1-2H3,(H,32,34)/t11-,20-/m1/s1. The third-order valence-corrected chi connectivity index (χ3v) is 6.44. The van der Waals surface area contributed by atoms with Crippen LogP contribution >= 0.6 is 34.8 Å². The molecule has 1 amide bonds. The summed E-state index contributed by atoms with van der Waals surface area (Å²) < 4.78 is 87.4. The molecule has 0 aliphatic rings. The first-order valence-electron chi connectivity index (χ1n) is 10.2. The molecule has 0 fully saturated rings. The van der Waals surface area contributed by atoms with Gasteiger partial charge in [-0.2, -0.15) is 26.3 Å². The van der Waals surface area contributed by atoms with Gasteiger partial charge in [0.05, 0.1) is 39.7 Å². The summed E-state index contributed by atoms with van der Waals surface area (Å²) in [4.78, 5) is 11.9. The maximum atomic E-state index is 13.8. The number of rotatable bonds is 9. The van der Waals surface area contributed by atoms with Crippen LogP contribution in [-0.4, -0.2) is 36.9 Å². The molecule has 2 aromatic rings. The van der Waals surface area contributed by atoms with Gasteiger partial charge in [-0.25, -0.2) is 0 Å². The zero-order chi connectivity index (χ0) is 27.5. The van der Waals surface area contributed by atoms with Gasteiger partial charge < -0.3 is 20.5 Å². The molecule has 3 N–H and O–H groups in total. The number of nitrogens with one attached hydrogen (secondary N) is 2. The van der Waals surface area contributed by atoms with Gasteiger partial charge >= 0.3 is 12.4 Å². The molecular weight excluding hydrogens is 561 g/mol. The van der Waals surface area contributed by atoms with E-state index in [1.807, 2.05) is 0 Å². The summed E-state index contributed by atoms with van der Waals surface area (Å²) in [5.41, 5.74) is -6.19. The molecule has 0 unspecified atom stereocenters. The topological polar surface area (TPSA) is 70.6 Å². The van der Waals surface area contributed by atoms with Crippen molar-refractivity contribution in [2.75, 3.05) is 19.0 Å². The fourth-order valence-electron chi connectivity index (χ4n) is 3.11. The van der Waals surface area contributed by atoms with Crippen molar-refractivity contribution >= 4 is 46.4 Å². The number of methoxy groups -OCH3 is 1. The Morgan fingerprint density at radius 2 is 1.64 bits per heavy atom. The zero-order valence-electron chi connectivity index (χ0n) is 18.8. The second-order valence-corrected chi connectivity index (χ2v) is 9.05. The van der Waals surface area contributed by atoms with E-state index in [4.69, 9.17) is 39.5 Å². The van der Waals surface area contributed by atoms with Crippen molar-refractivity contribution in [3.63, 3.8) is 0 Å². The van der Waals surface area contributed by atoms with Crippen LogP contribution < -0.4 is 10.6 Å². The summed E-state index contributed by atoms with van der Waals surface area (Å²) in [6, 6.07) is 4.21. The minimum atomic E-state index is -5.27. The molecule has 14 heteroatoms. The summed E-state index contributed by atoms with van der Waals surface area (Å²) in [5.74, 6) is -0.546. The smallest absolute Gasteiger partial charge is 0.381 e. The molecule has 2 rings (SSSR count).